The second-order valence-corrected chi connectivity index (χ2v) is 8.38. The zero-order chi connectivity index (χ0) is 26.3. The van der Waals surface area contributed by atoms with Crippen LogP contribution in [0.25, 0.3) is 0 Å². The Morgan fingerprint density at radius 3 is 1.76 bits per heavy atom. The molecule has 0 aliphatic carbocycles. The highest BCUT2D eigenvalue weighted by atomic mass is 32.2. The van der Waals surface area contributed by atoms with Crippen molar-refractivity contribution in [3.63, 3.8) is 0 Å². The molecule has 0 aliphatic rings. The molecule has 15 heteroatoms. The molecule has 10 N–H and O–H groups in total. The molecule has 0 rings (SSSR count). The summed E-state index contributed by atoms with van der Waals surface area (Å²) in [4.78, 5) is 70.9. The molecule has 0 spiro atoms. The average Bonchev–Trinajstić information content (AvgIpc) is 2.74. The van der Waals surface area contributed by atoms with Crippen molar-refractivity contribution < 1.29 is 44.1 Å². The summed E-state index contributed by atoms with van der Waals surface area (Å²) in [5.74, 6) is -6.77. The van der Waals surface area contributed by atoms with Gasteiger partial charge in [-0.2, -0.15) is 11.8 Å². The molecule has 0 heterocycles. The van der Waals surface area contributed by atoms with Crippen LogP contribution in [0.2, 0.25) is 0 Å². The van der Waals surface area contributed by atoms with Crippen LogP contribution in [0.1, 0.15) is 38.5 Å². The Bertz CT molecular complexity index is 737. The summed E-state index contributed by atoms with van der Waals surface area (Å²) in [5, 5.41) is 33.7. The van der Waals surface area contributed by atoms with Gasteiger partial charge >= 0.3 is 17.9 Å². The van der Waals surface area contributed by atoms with Crippen molar-refractivity contribution in [1.29, 1.82) is 0 Å². The maximum absolute atomic E-state index is 12.7. The summed E-state index contributed by atoms with van der Waals surface area (Å²) >= 11 is 1.32. The van der Waals surface area contributed by atoms with Crippen molar-refractivity contribution in [2.75, 3.05) is 18.6 Å². The van der Waals surface area contributed by atoms with Crippen LogP contribution in [-0.2, 0) is 28.8 Å². The van der Waals surface area contributed by atoms with Crippen LogP contribution in [0.15, 0.2) is 0 Å². The summed E-state index contributed by atoms with van der Waals surface area (Å²) < 4.78 is 0. The van der Waals surface area contributed by atoms with Crippen LogP contribution >= 0.6 is 11.8 Å². The second-order valence-electron chi connectivity index (χ2n) is 7.39. The largest absolute Gasteiger partial charge is 0.481 e. The number of nitrogens with two attached hydrogens (primary N) is 2. The number of rotatable bonds is 18. The number of nitrogens with one attached hydrogen (secondary N) is 3. The van der Waals surface area contributed by atoms with Crippen molar-refractivity contribution in [2.24, 2.45) is 11.5 Å². The van der Waals surface area contributed by atoms with Gasteiger partial charge in [0.05, 0.1) is 18.9 Å². The van der Waals surface area contributed by atoms with E-state index in [1.807, 2.05) is 0 Å². The van der Waals surface area contributed by atoms with E-state index in [4.69, 9.17) is 26.8 Å². The number of carbonyl (C=O) groups is 6. The lowest BCUT2D eigenvalue weighted by Crippen LogP contribution is -2.57. The van der Waals surface area contributed by atoms with Gasteiger partial charge in [-0.3, -0.25) is 24.0 Å². The summed E-state index contributed by atoms with van der Waals surface area (Å²) in [6.45, 7) is 0.410. The normalized spacial score (nSPS) is 14.2. The molecule has 3 amide bonds. The summed E-state index contributed by atoms with van der Waals surface area (Å²) in [5.41, 5.74) is 11.2. The number of thioether (sulfide) groups is 1. The van der Waals surface area contributed by atoms with Gasteiger partial charge in [-0.25, -0.2) is 4.79 Å². The predicted molar refractivity (Wildman–Crippen MR) is 122 cm³/mol. The molecule has 0 aliphatic heterocycles. The number of unbranched alkanes of at least 4 members (excludes halogenated alkanes) is 1. The average molecular weight is 508 g/mol. The zero-order valence-corrected chi connectivity index (χ0v) is 19.6. The molecule has 4 atom stereocenters. The number of carboxylic acid groups (broad SMARTS) is 3. The predicted octanol–water partition coefficient (Wildman–Crippen LogP) is -2.32. The Morgan fingerprint density at radius 1 is 0.765 bits per heavy atom. The fourth-order valence-electron chi connectivity index (χ4n) is 2.73. The molecular weight excluding hydrogens is 474 g/mol. The van der Waals surface area contributed by atoms with E-state index in [0.717, 1.165) is 0 Å². The third-order valence-electron chi connectivity index (χ3n) is 4.55. The Hall–Kier alpha value is -2.91. The van der Waals surface area contributed by atoms with Crippen LogP contribution in [0.3, 0.4) is 0 Å². The Morgan fingerprint density at radius 2 is 1.26 bits per heavy atom. The van der Waals surface area contributed by atoms with Gasteiger partial charge in [0.2, 0.25) is 17.7 Å². The van der Waals surface area contributed by atoms with Crippen LogP contribution in [-0.4, -0.2) is 93.7 Å². The molecule has 0 aromatic carbocycles. The highest BCUT2D eigenvalue weighted by Crippen LogP contribution is 2.06. The van der Waals surface area contributed by atoms with Crippen molar-refractivity contribution in [1.82, 2.24) is 16.0 Å². The van der Waals surface area contributed by atoms with Gasteiger partial charge in [0.15, 0.2) is 0 Å². The fourth-order valence-corrected chi connectivity index (χ4v) is 3.20. The molecule has 0 fully saturated rings. The van der Waals surface area contributed by atoms with E-state index in [-0.39, 0.29) is 12.8 Å². The van der Waals surface area contributed by atoms with Crippen LogP contribution in [0, 0.1) is 0 Å². The van der Waals surface area contributed by atoms with E-state index in [9.17, 15) is 28.8 Å². The molecule has 4 unspecified atom stereocenters. The summed E-state index contributed by atoms with van der Waals surface area (Å²) in [7, 11) is 0. The van der Waals surface area contributed by atoms with Crippen LogP contribution < -0.4 is 27.4 Å². The monoisotopic (exact) mass is 507 g/mol. The quantitative estimate of drug-likeness (QED) is 0.0910. The molecule has 0 aromatic rings. The van der Waals surface area contributed by atoms with Crippen LogP contribution in [0.4, 0.5) is 0 Å². The standard InChI is InChI=1S/C19H33N5O9S/c1-34-7-5-11(17(30)24-13(19(32)33)9-15(27)28)22-18(31)12(8-14(25)26)23-16(29)10(21)4-2-3-6-20/h10-13H,2-9,20-21H2,1H3,(H,22,31)(H,23,29)(H,24,30)(H,25,26)(H,27,28)(H,32,33). The molecule has 0 bridgehead atoms. The van der Waals surface area contributed by atoms with Crippen LogP contribution in [0.5, 0.6) is 0 Å². The first-order valence-electron chi connectivity index (χ1n) is 10.4. The van der Waals surface area contributed by atoms with E-state index < -0.39 is 72.6 Å². The lowest BCUT2D eigenvalue weighted by Gasteiger charge is -2.24. The van der Waals surface area contributed by atoms with Gasteiger partial charge < -0.3 is 42.7 Å². The van der Waals surface area contributed by atoms with E-state index in [1.54, 1.807) is 6.26 Å². The van der Waals surface area contributed by atoms with Gasteiger partial charge in [0.1, 0.15) is 18.1 Å². The number of amides is 3. The third-order valence-corrected chi connectivity index (χ3v) is 5.20. The zero-order valence-electron chi connectivity index (χ0n) is 18.8. The number of aliphatic carboxylic acids is 3. The molecular formula is C19H33N5O9S. The minimum absolute atomic E-state index is 0.0322. The highest BCUT2D eigenvalue weighted by molar-refractivity contribution is 7.98. The lowest BCUT2D eigenvalue weighted by atomic mass is 10.1. The van der Waals surface area contributed by atoms with Gasteiger partial charge in [0, 0.05) is 0 Å². The molecule has 0 radical (unpaired) electrons. The summed E-state index contributed by atoms with van der Waals surface area (Å²) in [6, 6.07) is -5.59. The van der Waals surface area contributed by atoms with E-state index in [1.165, 1.54) is 11.8 Å². The third kappa shape index (κ3) is 13.0. The smallest absolute Gasteiger partial charge is 0.326 e. The second kappa shape index (κ2) is 16.7. The molecule has 0 saturated carbocycles. The SMILES string of the molecule is CSCCC(NC(=O)C(CC(=O)O)NC(=O)C(N)CCCCN)C(=O)NC(CC(=O)O)C(=O)O. The highest BCUT2D eigenvalue weighted by Gasteiger charge is 2.31. The van der Waals surface area contributed by atoms with Gasteiger partial charge in [-0.05, 0) is 37.8 Å². The minimum atomic E-state index is -1.74. The first kappa shape index (κ1) is 31.1. The minimum Gasteiger partial charge on any atom is -0.481 e. The molecule has 0 aromatic heterocycles. The van der Waals surface area contributed by atoms with E-state index in [0.29, 0.717) is 25.1 Å². The maximum atomic E-state index is 12.7. The van der Waals surface area contributed by atoms with Gasteiger partial charge in [-0.15, -0.1) is 0 Å². The first-order chi connectivity index (χ1) is 15.9. The fraction of sp³-hybridized carbons (Fsp3) is 0.684. The van der Waals surface area contributed by atoms with Gasteiger partial charge in [-0.1, -0.05) is 6.42 Å². The summed E-state index contributed by atoms with van der Waals surface area (Å²) in [6.07, 6.45) is 1.53. The first-order valence-corrected chi connectivity index (χ1v) is 11.8. The number of carbonyl (C=O) groups excluding carboxylic acids is 3. The van der Waals surface area contributed by atoms with E-state index in [2.05, 4.69) is 16.0 Å². The maximum Gasteiger partial charge on any atom is 0.326 e. The van der Waals surface area contributed by atoms with Gasteiger partial charge in [0.25, 0.3) is 0 Å². The number of hydrogen-bond acceptors (Lipinski definition) is 9. The van der Waals surface area contributed by atoms with E-state index >= 15 is 0 Å². The van der Waals surface area contributed by atoms with Crippen molar-refractivity contribution in [3.05, 3.63) is 0 Å². The molecule has 0 saturated heterocycles. The lowest BCUT2D eigenvalue weighted by molar-refractivity contribution is -0.147. The van der Waals surface area contributed by atoms with Crippen molar-refractivity contribution >= 4 is 47.4 Å². The van der Waals surface area contributed by atoms with Crippen molar-refractivity contribution in [3.8, 4) is 0 Å². The topological polar surface area (TPSA) is 251 Å². The molecule has 14 nitrogen and oxygen atoms in total. The van der Waals surface area contributed by atoms with Crippen molar-refractivity contribution in [2.45, 2.75) is 62.7 Å². The Labute approximate surface area is 200 Å². The Balaban J connectivity index is 5.42. The number of carboxylic acids is 3. The molecule has 194 valence electrons. The molecule has 34 heavy (non-hydrogen) atoms. The Kier molecular flexibility index (Phi) is 15.2. The number of hydrogen-bond donors (Lipinski definition) is 8.